The van der Waals surface area contributed by atoms with Crippen molar-refractivity contribution in [3.63, 3.8) is 0 Å². The van der Waals surface area contributed by atoms with E-state index in [1.807, 2.05) is 54.6 Å². The standard InChI is InChI=1S/C21H23NO2/c1-24-20-11-9-18(10-12-20)21(17-7-3-2-4-8-17)15-19(23)16-22-13-5-6-14-22/h2-4,7-12,15H,5-6,13-14,16H2,1H3/b21-15+. The van der Waals surface area contributed by atoms with Crippen molar-refractivity contribution in [1.82, 2.24) is 4.90 Å². The lowest BCUT2D eigenvalue weighted by molar-refractivity contribution is -0.115. The summed E-state index contributed by atoms with van der Waals surface area (Å²) in [6.07, 6.45) is 4.18. The van der Waals surface area contributed by atoms with E-state index in [9.17, 15) is 4.79 Å². The Labute approximate surface area is 143 Å². The number of likely N-dealkylation sites (tertiary alicyclic amines) is 1. The van der Waals surface area contributed by atoms with Crippen LogP contribution < -0.4 is 4.74 Å². The molecule has 2 aromatic rings. The molecule has 2 aromatic carbocycles. The molecule has 3 rings (SSSR count). The Morgan fingerprint density at radius 1 is 1.00 bits per heavy atom. The topological polar surface area (TPSA) is 29.5 Å². The third kappa shape index (κ3) is 4.12. The van der Waals surface area contributed by atoms with Crippen LogP contribution in [0.3, 0.4) is 0 Å². The lowest BCUT2D eigenvalue weighted by Crippen LogP contribution is -2.25. The van der Waals surface area contributed by atoms with E-state index in [4.69, 9.17) is 4.74 Å². The van der Waals surface area contributed by atoms with Gasteiger partial charge in [-0.2, -0.15) is 0 Å². The van der Waals surface area contributed by atoms with Gasteiger partial charge in [0.15, 0.2) is 5.78 Å². The van der Waals surface area contributed by atoms with Gasteiger partial charge in [-0.25, -0.2) is 0 Å². The largest absolute Gasteiger partial charge is 0.497 e. The molecular formula is C21H23NO2. The van der Waals surface area contributed by atoms with Crippen LogP contribution in [0.2, 0.25) is 0 Å². The van der Waals surface area contributed by atoms with E-state index in [2.05, 4.69) is 4.90 Å². The fourth-order valence-electron chi connectivity index (χ4n) is 3.09. The van der Waals surface area contributed by atoms with Crippen molar-refractivity contribution in [1.29, 1.82) is 0 Å². The first-order valence-electron chi connectivity index (χ1n) is 8.43. The summed E-state index contributed by atoms with van der Waals surface area (Å²) in [7, 11) is 1.66. The first kappa shape index (κ1) is 16.5. The maximum atomic E-state index is 12.5. The van der Waals surface area contributed by atoms with Crippen LogP contribution in [0, 0.1) is 0 Å². The number of ether oxygens (including phenoxy) is 1. The van der Waals surface area contributed by atoms with Gasteiger partial charge in [-0.05, 0) is 60.8 Å². The number of carbonyl (C=O) groups excluding carboxylic acids is 1. The molecule has 24 heavy (non-hydrogen) atoms. The highest BCUT2D eigenvalue weighted by atomic mass is 16.5. The number of ketones is 1. The van der Waals surface area contributed by atoms with Gasteiger partial charge in [-0.1, -0.05) is 42.5 Å². The fourth-order valence-corrected chi connectivity index (χ4v) is 3.09. The van der Waals surface area contributed by atoms with Gasteiger partial charge in [0, 0.05) is 0 Å². The van der Waals surface area contributed by atoms with E-state index in [1.165, 1.54) is 12.8 Å². The quantitative estimate of drug-likeness (QED) is 0.758. The highest BCUT2D eigenvalue weighted by Crippen LogP contribution is 2.25. The first-order chi connectivity index (χ1) is 11.8. The zero-order valence-corrected chi connectivity index (χ0v) is 14.1. The number of hydrogen-bond acceptors (Lipinski definition) is 3. The molecule has 1 saturated heterocycles. The smallest absolute Gasteiger partial charge is 0.170 e. The molecule has 0 atom stereocenters. The number of hydrogen-bond donors (Lipinski definition) is 0. The Balaban J connectivity index is 1.89. The van der Waals surface area contributed by atoms with Crippen LogP contribution in [0.5, 0.6) is 5.75 Å². The molecule has 1 fully saturated rings. The molecule has 0 aromatic heterocycles. The monoisotopic (exact) mass is 321 g/mol. The highest BCUT2D eigenvalue weighted by Gasteiger charge is 2.15. The van der Waals surface area contributed by atoms with Crippen molar-refractivity contribution >= 4 is 11.4 Å². The molecular weight excluding hydrogens is 298 g/mol. The first-order valence-corrected chi connectivity index (χ1v) is 8.43. The van der Waals surface area contributed by atoms with Crippen LogP contribution in [0.15, 0.2) is 60.7 Å². The van der Waals surface area contributed by atoms with Gasteiger partial charge in [-0.3, -0.25) is 9.69 Å². The van der Waals surface area contributed by atoms with Crippen LogP contribution in [0.25, 0.3) is 5.57 Å². The third-order valence-electron chi connectivity index (χ3n) is 4.37. The Morgan fingerprint density at radius 3 is 2.25 bits per heavy atom. The van der Waals surface area contributed by atoms with Crippen molar-refractivity contribution in [2.45, 2.75) is 12.8 Å². The van der Waals surface area contributed by atoms with Gasteiger partial charge >= 0.3 is 0 Å². The molecule has 1 aliphatic rings. The summed E-state index contributed by atoms with van der Waals surface area (Å²) in [5, 5.41) is 0. The molecule has 1 aliphatic heterocycles. The summed E-state index contributed by atoms with van der Waals surface area (Å²) >= 11 is 0. The van der Waals surface area contributed by atoms with E-state index < -0.39 is 0 Å². The minimum Gasteiger partial charge on any atom is -0.497 e. The van der Waals surface area contributed by atoms with Gasteiger partial charge in [0.25, 0.3) is 0 Å². The summed E-state index contributed by atoms with van der Waals surface area (Å²) < 4.78 is 5.23. The lowest BCUT2D eigenvalue weighted by atomic mass is 9.96. The SMILES string of the molecule is COc1ccc(/C(=C/C(=O)CN2CCCC2)c2ccccc2)cc1. The molecule has 0 unspecified atom stereocenters. The van der Waals surface area contributed by atoms with Crippen molar-refractivity contribution in [3.8, 4) is 5.75 Å². The summed E-state index contributed by atoms with van der Waals surface area (Å²) in [6, 6.07) is 17.9. The zero-order valence-electron chi connectivity index (χ0n) is 14.1. The summed E-state index contributed by atoms with van der Waals surface area (Å²) in [6.45, 7) is 2.57. The molecule has 3 nitrogen and oxygen atoms in total. The number of benzene rings is 2. The minimum atomic E-state index is 0.159. The third-order valence-corrected chi connectivity index (χ3v) is 4.37. The van der Waals surface area contributed by atoms with Crippen molar-refractivity contribution < 1.29 is 9.53 Å². The average Bonchev–Trinajstić information content (AvgIpc) is 3.13. The molecule has 0 spiro atoms. The zero-order chi connectivity index (χ0) is 16.8. The predicted octanol–water partition coefficient (Wildman–Crippen LogP) is 3.79. The van der Waals surface area contributed by atoms with E-state index in [0.29, 0.717) is 6.54 Å². The van der Waals surface area contributed by atoms with Gasteiger partial charge in [0.2, 0.25) is 0 Å². The van der Waals surface area contributed by atoms with Gasteiger partial charge in [0.05, 0.1) is 13.7 Å². The van der Waals surface area contributed by atoms with Crippen LogP contribution in [0.1, 0.15) is 24.0 Å². The Kier molecular flexibility index (Phi) is 5.44. The van der Waals surface area contributed by atoms with Gasteiger partial charge in [0.1, 0.15) is 5.75 Å². The predicted molar refractivity (Wildman–Crippen MR) is 97.2 cm³/mol. The molecule has 0 aliphatic carbocycles. The number of methoxy groups -OCH3 is 1. The van der Waals surface area contributed by atoms with E-state index in [-0.39, 0.29) is 5.78 Å². The van der Waals surface area contributed by atoms with E-state index in [1.54, 1.807) is 13.2 Å². The molecule has 3 heteroatoms. The highest BCUT2D eigenvalue weighted by molar-refractivity contribution is 6.01. The maximum Gasteiger partial charge on any atom is 0.170 e. The molecule has 124 valence electrons. The van der Waals surface area contributed by atoms with E-state index in [0.717, 1.165) is 35.5 Å². The molecule has 0 bridgehead atoms. The number of rotatable bonds is 6. The molecule has 0 radical (unpaired) electrons. The van der Waals surface area contributed by atoms with Crippen LogP contribution in [-0.2, 0) is 4.79 Å². The van der Waals surface area contributed by atoms with Crippen molar-refractivity contribution in [2.24, 2.45) is 0 Å². The van der Waals surface area contributed by atoms with Crippen molar-refractivity contribution in [2.75, 3.05) is 26.7 Å². The average molecular weight is 321 g/mol. The lowest BCUT2D eigenvalue weighted by Gasteiger charge is -2.13. The molecule has 1 heterocycles. The summed E-state index contributed by atoms with van der Waals surface area (Å²) in [5.41, 5.74) is 3.04. The van der Waals surface area contributed by atoms with E-state index >= 15 is 0 Å². The molecule has 0 N–H and O–H groups in total. The van der Waals surface area contributed by atoms with Crippen LogP contribution in [0.4, 0.5) is 0 Å². The van der Waals surface area contributed by atoms with Crippen LogP contribution in [-0.4, -0.2) is 37.4 Å². The number of carbonyl (C=O) groups is 1. The minimum absolute atomic E-state index is 0.159. The van der Waals surface area contributed by atoms with Gasteiger partial charge in [-0.15, -0.1) is 0 Å². The number of nitrogens with zero attached hydrogens (tertiary/aromatic N) is 1. The normalized spacial score (nSPS) is 15.5. The second kappa shape index (κ2) is 7.93. The van der Waals surface area contributed by atoms with Crippen molar-refractivity contribution in [3.05, 3.63) is 71.8 Å². The summed E-state index contributed by atoms with van der Waals surface area (Å²) in [4.78, 5) is 14.8. The maximum absolute atomic E-state index is 12.5. The second-order valence-electron chi connectivity index (χ2n) is 6.10. The Hall–Kier alpha value is -2.39. The second-order valence-corrected chi connectivity index (χ2v) is 6.10. The molecule has 0 saturated carbocycles. The van der Waals surface area contributed by atoms with Crippen LogP contribution >= 0.6 is 0 Å². The van der Waals surface area contributed by atoms with Gasteiger partial charge < -0.3 is 4.74 Å². The summed E-state index contributed by atoms with van der Waals surface area (Å²) in [5.74, 6) is 0.973. The Morgan fingerprint density at radius 2 is 1.62 bits per heavy atom. The Bertz CT molecular complexity index is 698. The fraction of sp³-hybridized carbons (Fsp3) is 0.286. The molecule has 0 amide bonds.